The van der Waals surface area contributed by atoms with Crippen molar-refractivity contribution >= 4 is 40.5 Å². The van der Waals surface area contributed by atoms with Crippen LogP contribution in [0, 0.1) is 0 Å². The van der Waals surface area contributed by atoms with Crippen LogP contribution in [0.4, 0.5) is 5.69 Å². The predicted octanol–water partition coefficient (Wildman–Crippen LogP) is 4.42. The number of amides is 1. The molecule has 4 nitrogen and oxygen atoms in total. The zero-order valence-corrected chi connectivity index (χ0v) is 14.7. The lowest BCUT2D eigenvalue weighted by Crippen LogP contribution is -2.34. The molecule has 0 heterocycles. The number of anilines is 1. The maximum Gasteiger partial charge on any atom is 0.257 e. The fourth-order valence-corrected chi connectivity index (χ4v) is 2.24. The third-order valence-electron chi connectivity index (χ3n) is 2.89. The minimum atomic E-state index is -0.329. The molecule has 2 aromatic rings. The molecule has 1 amide bonds. The van der Waals surface area contributed by atoms with E-state index >= 15 is 0 Å². The largest absolute Gasteiger partial charge is 0.489 e. The summed E-state index contributed by atoms with van der Waals surface area (Å²) in [7, 11) is 0. The summed E-state index contributed by atoms with van der Waals surface area (Å²) >= 11 is 11.0. The average molecular weight is 361 g/mol. The molecule has 0 spiro atoms. The molecular weight excluding hydrogens is 344 g/mol. The van der Waals surface area contributed by atoms with Crippen LogP contribution in [0.3, 0.4) is 0 Å². The van der Waals surface area contributed by atoms with E-state index in [9.17, 15) is 4.79 Å². The van der Waals surface area contributed by atoms with Gasteiger partial charge in [-0.15, -0.1) is 0 Å². The number of hydrogen-bond acceptors (Lipinski definition) is 3. The molecule has 124 valence electrons. The normalized spacial score (nSPS) is 9.92. The Labute approximate surface area is 151 Å². The Morgan fingerprint density at radius 2 is 2.00 bits per heavy atom. The number of hydrogen-bond donors (Lipinski definition) is 2. The molecule has 0 atom stereocenters. The number of rotatable bonds is 5. The van der Waals surface area contributed by atoms with E-state index in [0.29, 0.717) is 28.6 Å². The topological polar surface area (TPSA) is 50.4 Å². The molecule has 6 heteroatoms. The van der Waals surface area contributed by atoms with E-state index in [1.54, 1.807) is 30.3 Å². The molecule has 0 bridgehead atoms. The molecule has 0 fully saturated rings. The fraction of sp³-hybridized carbons (Fsp3) is 0.111. The molecule has 0 aliphatic carbocycles. The van der Waals surface area contributed by atoms with Crippen molar-refractivity contribution in [2.75, 3.05) is 11.9 Å². The molecule has 0 saturated heterocycles. The summed E-state index contributed by atoms with van der Waals surface area (Å²) in [5.74, 6) is 0.358. The summed E-state index contributed by atoms with van der Waals surface area (Å²) in [6.07, 6.45) is 0. The highest BCUT2D eigenvalue weighted by Gasteiger charge is 2.08. The molecular formula is C18H17ClN2O2S. The minimum Gasteiger partial charge on any atom is -0.489 e. The van der Waals surface area contributed by atoms with Gasteiger partial charge in [0.2, 0.25) is 0 Å². The fourth-order valence-electron chi connectivity index (χ4n) is 1.84. The monoisotopic (exact) mass is 360 g/mol. The van der Waals surface area contributed by atoms with Crippen molar-refractivity contribution < 1.29 is 9.53 Å². The van der Waals surface area contributed by atoms with Gasteiger partial charge in [0.05, 0.1) is 0 Å². The Bertz CT molecular complexity index is 777. The number of ether oxygens (including phenoxy) is 1. The number of carbonyl (C=O) groups excluding carboxylic acids is 1. The summed E-state index contributed by atoms with van der Waals surface area (Å²) in [6, 6.07) is 13.9. The van der Waals surface area contributed by atoms with Gasteiger partial charge in [-0.2, -0.15) is 0 Å². The van der Waals surface area contributed by atoms with E-state index in [2.05, 4.69) is 17.2 Å². The first-order chi connectivity index (χ1) is 11.4. The number of thiocarbonyl (C=S) groups is 1. The summed E-state index contributed by atoms with van der Waals surface area (Å²) in [6.45, 7) is 6.13. The zero-order valence-electron chi connectivity index (χ0n) is 13.1. The van der Waals surface area contributed by atoms with Crippen LogP contribution < -0.4 is 15.4 Å². The van der Waals surface area contributed by atoms with Gasteiger partial charge in [-0.3, -0.25) is 10.1 Å². The molecule has 2 N–H and O–H groups in total. The highest BCUT2D eigenvalue weighted by Crippen LogP contribution is 2.18. The van der Waals surface area contributed by atoms with Crippen LogP contribution in [0.5, 0.6) is 5.75 Å². The summed E-state index contributed by atoms with van der Waals surface area (Å²) < 4.78 is 5.57. The number of carbonyl (C=O) groups is 1. The molecule has 0 radical (unpaired) electrons. The molecule has 0 aromatic heterocycles. The lowest BCUT2D eigenvalue weighted by molar-refractivity contribution is 0.0977. The standard InChI is InChI=1S/C18H17ClN2O2S/c1-12(2)11-23-16-8-4-7-15(10-16)20-18(24)21-17(22)13-5-3-6-14(19)9-13/h3-10H,1,11H2,2H3,(H2,20,21,22,24). The third-order valence-corrected chi connectivity index (χ3v) is 3.33. The Balaban J connectivity index is 1.95. The number of nitrogens with one attached hydrogen (secondary N) is 2. The second-order valence-corrected chi connectivity index (χ2v) is 6.04. The lowest BCUT2D eigenvalue weighted by atomic mass is 10.2. The first-order valence-corrected chi connectivity index (χ1v) is 7.98. The molecule has 2 aromatic carbocycles. The highest BCUT2D eigenvalue weighted by molar-refractivity contribution is 7.80. The van der Waals surface area contributed by atoms with E-state index in [1.165, 1.54) is 0 Å². The SMILES string of the molecule is C=C(C)COc1cccc(NC(=S)NC(=O)c2cccc(Cl)c2)c1. The number of benzene rings is 2. The van der Waals surface area contributed by atoms with Crippen molar-refractivity contribution in [2.24, 2.45) is 0 Å². The van der Waals surface area contributed by atoms with Crippen LogP contribution in [0.15, 0.2) is 60.7 Å². The van der Waals surface area contributed by atoms with E-state index in [4.69, 9.17) is 28.6 Å². The van der Waals surface area contributed by atoms with Gasteiger partial charge in [0.25, 0.3) is 5.91 Å². The minimum absolute atomic E-state index is 0.192. The van der Waals surface area contributed by atoms with Gasteiger partial charge in [-0.25, -0.2) is 0 Å². The first kappa shape index (κ1) is 18.0. The first-order valence-electron chi connectivity index (χ1n) is 7.19. The van der Waals surface area contributed by atoms with Gasteiger partial charge in [-0.05, 0) is 55.0 Å². The van der Waals surface area contributed by atoms with Crippen LogP contribution in [0.1, 0.15) is 17.3 Å². The summed E-state index contributed by atoms with van der Waals surface area (Å²) in [5, 5.41) is 6.24. The van der Waals surface area contributed by atoms with Crippen molar-refractivity contribution in [3.63, 3.8) is 0 Å². The van der Waals surface area contributed by atoms with Crippen molar-refractivity contribution in [1.29, 1.82) is 0 Å². The molecule has 0 unspecified atom stereocenters. The van der Waals surface area contributed by atoms with Gasteiger partial charge in [0.15, 0.2) is 5.11 Å². The van der Waals surface area contributed by atoms with Crippen LogP contribution in [-0.4, -0.2) is 17.6 Å². The second-order valence-electron chi connectivity index (χ2n) is 5.19. The van der Waals surface area contributed by atoms with Crippen LogP contribution in [-0.2, 0) is 0 Å². The second kappa shape index (κ2) is 8.47. The van der Waals surface area contributed by atoms with Gasteiger partial charge < -0.3 is 10.1 Å². The van der Waals surface area contributed by atoms with E-state index in [-0.39, 0.29) is 11.0 Å². The summed E-state index contributed by atoms with van der Waals surface area (Å²) in [4.78, 5) is 12.1. The smallest absolute Gasteiger partial charge is 0.257 e. The van der Waals surface area contributed by atoms with Gasteiger partial charge in [-0.1, -0.05) is 30.3 Å². The number of halogens is 1. The van der Waals surface area contributed by atoms with Crippen molar-refractivity contribution in [1.82, 2.24) is 5.32 Å². The van der Waals surface area contributed by atoms with Crippen molar-refractivity contribution in [3.05, 3.63) is 71.3 Å². The molecule has 2 rings (SSSR count). The van der Waals surface area contributed by atoms with Crippen LogP contribution in [0.2, 0.25) is 5.02 Å². The zero-order chi connectivity index (χ0) is 17.5. The van der Waals surface area contributed by atoms with E-state index < -0.39 is 0 Å². The third kappa shape index (κ3) is 5.68. The van der Waals surface area contributed by atoms with Crippen molar-refractivity contribution in [3.8, 4) is 5.75 Å². The van der Waals surface area contributed by atoms with Gasteiger partial charge >= 0.3 is 0 Å². The molecule has 0 aliphatic rings. The van der Waals surface area contributed by atoms with E-state index in [1.807, 2.05) is 25.1 Å². The highest BCUT2D eigenvalue weighted by atomic mass is 35.5. The van der Waals surface area contributed by atoms with Crippen LogP contribution in [0.25, 0.3) is 0 Å². The van der Waals surface area contributed by atoms with Gasteiger partial charge in [0.1, 0.15) is 12.4 Å². The van der Waals surface area contributed by atoms with E-state index in [0.717, 1.165) is 5.57 Å². The quantitative estimate of drug-likeness (QED) is 0.612. The maximum atomic E-state index is 12.1. The summed E-state index contributed by atoms with van der Waals surface area (Å²) in [5.41, 5.74) is 2.08. The average Bonchev–Trinajstić information content (AvgIpc) is 2.53. The van der Waals surface area contributed by atoms with Crippen LogP contribution >= 0.6 is 23.8 Å². The molecule has 24 heavy (non-hydrogen) atoms. The molecule has 0 saturated carbocycles. The van der Waals surface area contributed by atoms with Crippen molar-refractivity contribution in [2.45, 2.75) is 6.92 Å². The predicted molar refractivity (Wildman–Crippen MR) is 102 cm³/mol. The maximum absolute atomic E-state index is 12.1. The Kier molecular flexibility index (Phi) is 6.35. The Hall–Kier alpha value is -2.37. The Morgan fingerprint density at radius 3 is 2.71 bits per heavy atom. The Morgan fingerprint density at radius 1 is 1.25 bits per heavy atom. The van der Waals surface area contributed by atoms with Gasteiger partial charge in [0, 0.05) is 22.3 Å². The molecule has 0 aliphatic heterocycles. The lowest BCUT2D eigenvalue weighted by Gasteiger charge is -2.11.